The molecule has 9 nitrogen and oxygen atoms in total. The lowest BCUT2D eigenvalue weighted by atomic mass is 9.83. The zero-order valence-corrected chi connectivity index (χ0v) is 17.6. The van der Waals surface area contributed by atoms with Crippen molar-refractivity contribution in [2.24, 2.45) is 0 Å². The number of fused-ring (bicyclic) bond motifs is 1. The van der Waals surface area contributed by atoms with Crippen LogP contribution in [0.4, 0.5) is 0 Å². The number of rotatable bonds is 6. The molecule has 166 valence electrons. The van der Waals surface area contributed by atoms with E-state index in [1.165, 1.54) is 27.0 Å². The molecule has 4 rings (SSSR count). The monoisotopic (exact) mass is 440 g/mol. The fraction of sp³-hybridized carbons (Fsp3) is 0.261. The number of carbonyl (C=O) groups is 3. The van der Waals surface area contributed by atoms with Crippen molar-refractivity contribution in [1.29, 1.82) is 0 Å². The first-order valence-electron chi connectivity index (χ1n) is 9.72. The van der Waals surface area contributed by atoms with E-state index in [0.29, 0.717) is 28.4 Å². The summed E-state index contributed by atoms with van der Waals surface area (Å²) in [5.41, 5.74) is 1.07. The topological polar surface area (TPSA) is 107 Å². The molecule has 2 aliphatic rings. The molecule has 1 atom stereocenters. The van der Waals surface area contributed by atoms with E-state index in [1.54, 1.807) is 30.3 Å². The molecular formula is C23H20O9. The van der Waals surface area contributed by atoms with Crippen molar-refractivity contribution in [2.45, 2.75) is 19.8 Å². The minimum atomic E-state index is -0.862. The van der Waals surface area contributed by atoms with Gasteiger partial charge in [-0.05, 0) is 12.1 Å². The molecule has 2 aliphatic heterocycles. The van der Waals surface area contributed by atoms with Gasteiger partial charge in [0, 0.05) is 31.0 Å². The van der Waals surface area contributed by atoms with Crippen molar-refractivity contribution in [3.8, 4) is 23.0 Å². The Hall–Kier alpha value is -4.01. The van der Waals surface area contributed by atoms with Crippen LogP contribution in [0, 0.1) is 0 Å². The van der Waals surface area contributed by atoms with Gasteiger partial charge in [-0.25, -0.2) is 4.79 Å². The molecule has 0 amide bonds. The zero-order valence-electron chi connectivity index (χ0n) is 17.6. The van der Waals surface area contributed by atoms with Crippen molar-refractivity contribution in [3.05, 3.63) is 58.9 Å². The van der Waals surface area contributed by atoms with Crippen LogP contribution in [0.1, 0.15) is 30.9 Å². The first-order valence-corrected chi connectivity index (χ1v) is 9.72. The molecule has 32 heavy (non-hydrogen) atoms. The molecule has 2 aromatic carbocycles. The van der Waals surface area contributed by atoms with E-state index in [2.05, 4.69) is 0 Å². The van der Waals surface area contributed by atoms with Gasteiger partial charge in [-0.15, -0.1) is 0 Å². The van der Waals surface area contributed by atoms with E-state index in [1.807, 2.05) is 0 Å². The van der Waals surface area contributed by atoms with Gasteiger partial charge >= 0.3 is 17.9 Å². The molecule has 2 heterocycles. The lowest BCUT2D eigenvalue weighted by molar-refractivity contribution is -0.139. The Balaban J connectivity index is 2.00. The number of hydrogen-bond acceptors (Lipinski definition) is 9. The van der Waals surface area contributed by atoms with Crippen LogP contribution in [0.3, 0.4) is 0 Å². The predicted molar refractivity (Wildman–Crippen MR) is 108 cm³/mol. The number of hydrogen-bond donors (Lipinski definition) is 0. The highest BCUT2D eigenvalue weighted by Crippen LogP contribution is 2.48. The molecule has 9 heteroatoms. The third kappa shape index (κ3) is 3.96. The van der Waals surface area contributed by atoms with Crippen LogP contribution in [0.25, 0.3) is 0 Å². The summed E-state index contributed by atoms with van der Waals surface area (Å²) < 4.78 is 32.4. The Labute approximate surface area is 183 Å². The van der Waals surface area contributed by atoms with Crippen molar-refractivity contribution >= 4 is 17.9 Å². The van der Waals surface area contributed by atoms with Crippen LogP contribution in [0.15, 0.2) is 47.7 Å². The van der Waals surface area contributed by atoms with Crippen molar-refractivity contribution in [1.82, 2.24) is 0 Å². The van der Waals surface area contributed by atoms with Gasteiger partial charge in [-0.2, -0.15) is 0 Å². The highest BCUT2D eigenvalue weighted by atomic mass is 16.7. The fourth-order valence-electron chi connectivity index (χ4n) is 3.73. The standard InChI is InChI=1S/C23H20O9/c1-12(24)31-17-9-19-18(29-11-30-19)8-15(17)21(14-6-4-5-7-16(14)27-3)22-20(32-13(2)25)10-28-23(22)26/h4-9,21H,10-11H2,1-3H3/t21-/m1/s1. The van der Waals surface area contributed by atoms with Gasteiger partial charge in [-0.3, -0.25) is 9.59 Å². The number of cyclic esters (lactones) is 1. The summed E-state index contributed by atoms with van der Waals surface area (Å²) >= 11 is 0. The smallest absolute Gasteiger partial charge is 0.339 e. The first kappa shape index (κ1) is 21.2. The Kier molecular flexibility index (Phi) is 5.72. The van der Waals surface area contributed by atoms with Gasteiger partial charge in [0.25, 0.3) is 0 Å². The minimum absolute atomic E-state index is 0.00105. The van der Waals surface area contributed by atoms with E-state index < -0.39 is 23.8 Å². The van der Waals surface area contributed by atoms with E-state index in [0.717, 1.165) is 0 Å². The second-order valence-electron chi connectivity index (χ2n) is 7.02. The van der Waals surface area contributed by atoms with Gasteiger partial charge in [-0.1, -0.05) is 18.2 Å². The highest BCUT2D eigenvalue weighted by Gasteiger charge is 2.39. The number of ether oxygens (including phenoxy) is 6. The lowest BCUT2D eigenvalue weighted by Gasteiger charge is -2.23. The van der Waals surface area contributed by atoms with Crippen LogP contribution in [0.2, 0.25) is 0 Å². The van der Waals surface area contributed by atoms with E-state index >= 15 is 0 Å². The molecule has 0 spiro atoms. The summed E-state index contributed by atoms with van der Waals surface area (Å²) in [7, 11) is 1.50. The zero-order chi connectivity index (χ0) is 22.8. The maximum atomic E-state index is 12.8. The molecule has 0 fully saturated rings. The minimum Gasteiger partial charge on any atom is -0.496 e. The second kappa shape index (κ2) is 8.62. The van der Waals surface area contributed by atoms with Crippen LogP contribution in [-0.4, -0.2) is 38.4 Å². The molecule has 0 bridgehead atoms. The molecule has 0 aromatic heterocycles. The lowest BCUT2D eigenvalue weighted by Crippen LogP contribution is -2.16. The molecule has 0 radical (unpaired) electrons. The van der Waals surface area contributed by atoms with Crippen LogP contribution in [0.5, 0.6) is 23.0 Å². The Morgan fingerprint density at radius 2 is 1.59 bits per heavy atom. The largest absolute Gasteiger partial charge is 0.496 e. The molecule has 2 aromatic rings. The summed E-state index contributed by atoms with van der Waals surface area (Å²) in [5.74, 6) is -1.17. The van der Waals surface area contributed by atoms with Crippen LogP contribution >= 0.6 is 0 Å². The second-order valence-corrected chi connectivity index (χ2v) is 7.02. The average molecular weight is 440 g/mol. The SMILES string of the molecule is COc1ccccc1[C@@H](C1=C(OC(C)=O)COC1=O)c1cc2c(cc1OC(C)=O)OCO2. The molecule has 0 saturated carbocycles. The number of para-hydroxylation sites is 1. The number of methoxy groups -OCH3 is 1. The number of benzene rings is 2. The molecule has 0 N–H and O–H groups in total. The van der Waals surface area contributed by atoms with E-state index in [-0.39, 0.29) is 30.5 Å². The quantitative estimate of drug-likeness (QED) is 0.495. The van der Waals surface area contributed by atoms with E-state index in [9.17, 15) is 14.4 Å². The number of carbonyl (C=O) groups excluding carboxylic acids is 3. The maximum absolute atomic E-state index is 12.8. The summed E-state index contributed by atoms with van der Waals surface area (Å²) in [6, 6.07) is 10.2. The predicted octanol–water partition coefficient (Wildman–Crippen LogP) is 2.86. The Morgan fingerprint density at radius 1 is 0.906 bits per heavy atom. The van der Waals surface area contributed by atoms with Gasteiger partial charge in [0.2, 0.25) is 6.79 Å². The third-order valence-corrected chi connectivity index (χ3v) is 4.93. The maximum Gasteiger partial charge on any atom is 0.339 e. The summed E-state index contributed by atoms with van der Waals surface area (Å²) in [6.45, 7) is 2.30. The number of esters is 3. The normalized spacial score (nSPS) is 15.3. The average Bonchev–Trinajstić information content (AvgIpc) is 3.35. The summed E-state index contributed by atoms with van der Waals surface area (Å²) in [5, 5.41) is 0. The third-order valence-electron chi connectivity index (χ3n) is 4.93. The Bertz CT molecular complexity index is 1130. The fourth-order valence-corrected chi connectivity index (χ4v) is 3.73. The van der Waals surface area contributed by atoms with Crippen LogP contribution < -0.4 is 18.9 Å². The van der Waals surface area contributed by atoms with Gasteiger partial charge in [0.15, 0.2) is 17.3 Å². The van der Waals surface area contributed by atoms with Gasteiger partial charge in [0.05, 0.1) is 18.6 Å². The van der Waals surface area contributed by atoms with Gasteiger partial charge < -0.3 is 28.4 Å². The molecule has 0 unspecified atom stereocenters. The first-order chi connectivity index (χ1) is 15.4. The highest BCUT2D eigenvalue weighted by molar-refractivity contribution is 5.95. The van der Waals surface area contributed by atoms with Crippen molar-refractivity contribution in [2.75, 3.05) is 20.5 Å². The molecular weight excluding hydrogens is 420 g/mol. The van der Waals surface area contributed by atoms with Crippen molar-refractivity contribution < 1.29 is 42.8 Å². The van der Waals surface area contributed by atoms with Gasteiger partial charge in [0.1, 0.15) is 18.1 Å². The summed E-state index contributed by atoms with van der Waals surface area (Å²) in [4.78, 5) is 36.4. The van der Waals surface area contributed by atoms with Crippen LogP contribution in [-0.2, 0) is 23.9 Å². The Morgan fingerprint density at radius 3 is 2.28 bits per heavy atom. The summed E-state index contributed by atoms with van der Waals surface area (Å²) in [6.07, 6.45) is 0. The van der Waals surface area contributed by atoms with E-state index in [4.69, 9.17) is 28.4 Å². The molecule has 0 saturated heterocycles. The molecule has 0 aliphatic carbocycles. The van der Waals surface area contributed by atoms with Crippen molar-refractivity contribution in [3.63, 3.8) is 0 Å².